The van der Waals surface area contributed by atoms with Gasteiger partial charge < -0.3 is 5.32 Å². The molecule has 2 nitrogen and oxygen atoms in total. The van der Waals surface area contributed by atoms with E-state index in [2.05, 4.69) is 50.1 Å². The van der Waals surface area contributed by atoms with E-state index in [9.17, 15) is 0 Å². The van der Waals surface area contributed by atoms with Crippen LogP contribution >= 0.6 is 11.8 Å². The topological polar surface area (TPSA) is 24.9 Å². The molecule has 1 aromatic rings. The second-order valence-corrected chi connectivity index (χ2v) is 5.83. The summed E-state index contributed by atoms with van der Waals surface area (Å²) in [7, 11) is 0. The predicted molar refractivity (Wildman–Crippen MR) is 67.2 cm³/mol. The summed E-state index contributed by atoms with van der Waals surface area (Å²) >= 11 is 1.78. The van der Waals surface area contributed by atoms with E-state index in [1.165, 1.54) is 5.56 Å². The minimum absolute atomic E-state index is 0.164. The van der Waals surface area contributed by atoms with E-state index in [1.807, 2.05) is 6.20 Å². The Balaban J connectivity index is 2.50. The molecule has 1 rings (SSSR count). The zero-order valence-corrected chi connectivity index (χ0v) is 10.8. The highest BCUT2D eigenvalue weighted by Gasteiger charge is 2.08. The summed E-state index contributed by atoms with van der Waals surface area (Å²) in [6, 6.07) is 4.23. The van der Waals surface area contributed by atoms with Crippen molar-refractivity contribution in [2.75, 3.05) is 5.75 Å². The summed E-state index contributed by atoms with van der Waals surface area (Å²) in [5.74, 6) is 1.08. The van der Waals surface area contributed by atoms with E-state index in [1.54, 1.807) is 11.8 Å². The van der Waals surface area contributed by atoms with Gasteiger partial charge in [0.1, 0.15) is 0 Å². The van der Waals surface area contributed by atoms with Gasteiger partial charge in [0.15, 0.2) is 0 Å². The Hall–Kier alpha value is -0.540. The highest BCUT2D eigenvalue weighted by atomic mass is 32.2. The molecule has 0 aliphatic rings. The maximum Gasteiger partial charge on any atom is 0.0959 e. The van der Waals surface area contributed by atoms with Crippen molar-refractivity contribution in [3.05, 3.63) is 23.9 Å². The molecule has 1 aromatic heterocycles. The van der Waals surface area contributed by atoms with Crippen molar-refractivity contribution in [2.45, 2.75) is 44.8 Å². The van der Waals surface area contributed by atoms with Crippen LogP contribution in [0.1, 0.15) is 33.3 Å². The van der Waals surface area contributed by atoms with Gasteiger partial charge in [0.05, 0.1) is 5.03 Å². The molecule has 3 heteroatoms. The lowest BCUT2D eigenvalue weighted by Crippen LogP contribution is -2.35. The Morgan fingerprint density at radius 1 is 1.33 bits per heavy atom. The summed E-state index contributed by atoms with van der Waals surface area (Å²) in [5.41, 5.74) is 1.40. The summed E-state index contributed by atoms with van der Waals surface area (Å²) in [4.78, 5) is 4.39. The number of nitrogens with one attached hydrogen (secondary N) is 1. The van der Waals surface area contributed by atoms with E-state index in [0.29, 0.717) is 0 Å². The minimum Gasteiger partial charge on any atom is -0.308 e. The number of hydrogen-bond donors (Lipinski definition) is 1. The lowest BCUT2D eigenvalue weighted by molar-refractivity contribution is 0.424. The standard InChI is InChI=1S/C12H20N2S/c1-5-15-11-7-6-10(8-13-11)9-14-12(2,3)4/h6-8,14H,5,9H2,1-4H3. The first kappa shape index (κ1) is 12.5. The van der Waals surface area contributed by atoms with Gasteiger partial charge in [0, 0.05) is 18.3 Å². The first-order valence-corrected chi connectivity index (χ1v) is 6.32. The van der Waals surface area contributed by atoms with Gasteiger partial charge in [-0.1, -0.05) is 13.0 Å². The maximum atomic E-state index is 4.39. The van der Waals surface area contributed by atoms with E-state index < -0.39 is 0 Å². The Kier molecular flexibility index (Phi) is 4.61. The Morgan fingerprint density at radius 2 is 2.07 bits per heavy atom. The predicted octanol–water partition coefficient (Wildman–Crippen LogP) is 3.08. The summed E-state index contributed by atoms with van der Waals surface area (Å²) < 4.78 is 0. The average molecular weight is 224 g/mol. The fraction of sp³-hybridized carbons (Fsp3) is 0.583. The van der Waals surface area contributed by atoms with Crippen LogP contribution in [-0.4, -0.2) is 16.3 Å². The maximum absolute atomic E-state index is 4.39. The van der Waals surface area contributed by atoms with Gasteiger partial charge in [-0.15, -0.1) is 11.8 Å². The monoisotopic (exact) mass is 224 g/mol. The first-order chi connectivity index (χ1) is 7.01. The van der Waals surface area contributed by atoms with Crippen LogP contribution in [0.4, 0.5) is 0 Å². The van der Waals surface area contributed by atoms with Crippen LogP contribution in [0.3, 0.4) is 0 Å². The Morgan fingerprint density at radius 3 is 2.53 bits per heavy atom. The summed E-state index contributed by atoms with van der Waals surface area (Å²) in [5, 5.41) is 4.55. The van der Waals surface area contributed by atoms with Crippen molar-refractivity contribution in [2.24, 2.45) is 0 Å². The molecule has 1 heterocycles. The van der Waals surface area contributed by atoms with Gasteiger partial charge in [0.2, 0.25) is 0 Å². The molecule has 0 saturated carbocycles. The lowest BCUT2D eigenvalue weighted by atomic mass is 10.1. The van der Waals surface area contributed by atoms with Crippen LogP contribution in [0.25, 0.3) is 0 Å². The zero-order chi connectivity index (χ0) is 11.3. The molecule has 0 radical (unpaired) electrons. The zero-order valence-electron chi connectivity index (χ0n) is 10.0. The van der Waals surface area contributed by atoms with E-state index in [0.717, 1.165) is 17.3 Å². The van der Waals surface area contributed by atoms with E-state index in [-0.39, 0.29) is 5.54 Å². The fourth-order valence-corrected chi connectivity index (χ4v) is 1.70. The van der Waals surface area contributed by atoms with Crippen LogP contribution < -0.4 is 5.32 Å². The van der Waals surface area contributed by atoms with Crippen molar-refractivity contribution in [1.82, 2.24) is 10.3 Å². The van der Waals surface area contributed by atoms with E-state index >= 15 is 0 Å². The SMILES string of the molecule is CCSc1ccc(CNC(C)(C)C)cn1. The van der Waals surface area contributed by atoms with Crippen molar-refractivity contribution in [3.8, 4) is 0 Å². The Labute approximate surface area is 96.9 Å². The van der Waals surface area contributed by atoms with E-state index in [4.69, 9.17) is 0 Å². The highest BCUT2D eigenvalue weighted by Crippen LogP contribution is 2.14. The summed E-state index contributed by atoms with van der Waals surface area (Å²) in [6.45, 7) is 9.53. The molecule has 0 bridgehead atoms. The molecule has 0 unspecified atom stereocenters. The first-order valence-electron chi connectivity index (χ1n) is 5.34. The van der Waals surface area contributed by atoms with Gasteiger partial charge >= 0.3 is 0 Å². The van der Waals surface area contributed by atoms with Gasteiger partial charge in [0.25, 0.3) is 0 Å². The molecular formula is C12H20N2S. The molecule has 1 N–H and O–H groups in total. The molecular weight excluding hydrogens is 204 g/mol. The van der Waals surface area contributed by atoms with Crippen LogP contribution in [0.15, 0.2) is 23.4 Å². The third-order valence-corrected chi connectivity index (χ3v) is 2.74. The number of rotatable bonds is 4. The van der Waals surface area contributed by atoms with Gasteiger partial charge in [-0.25, -0.2) is 4.98 Å². The largest absolute Gasteiger partial charge is 0.308 e. The number of nitrogens with zero attached hydrogens (tertiary/aromatic N) is 1. The van der Waals surface area contributed by atoms with Crippen LogP contribution in [0.5, 0.6) is 0 Å². The molecule has 0 aromatic carbocycles. The fourth-order valence-electron chi connectivity index (χ4n) is 1.12. The third kappa shape index (κ3) is 5.19. The molecule has 0 amide bonds. The molecule has 0 aliphatic heterocycles. The van der Waals surface area contributed by atoms with Crippen molar-refractivity contribution in [3.63, 3.8) is 0 Å². The quantitative estimate of drug-likeness (QED) is 0.796. The van der Waals surface area contributed by atoms with Crippen LogP contribution in [0, 0.1) is 0 Å². The highest BCUT2D eigenvalue weighted by molar-refractivity contribution is 7.99. The third-order valence-electron chi connectivity index (χ3n) is 1.91. The lowest BCUT2D eigenvalue weighted by Gasteiger charge is -2.20. The van der Waals surface area contributed by atoms with Crippen LogP contribution in [0.2, 0.25) is 0 Å². The average Bonchev–Trinajstić information content (AvgIpc) is 2.16. The normalized spacial score (nSPS) is 11.7. The van der Waals surface area contributed by atoms with Gasteiger partial charge in [-0.3, -0.25) is 0 Å². The molecule has 15 heavy (non-hydrogen) atoms. The Bertz CT molecular complexity index is 287. The number of pyridine rings is 1. The molecule has 84 valence electrons. The summed E-state index contributed by atoms with van der Waals surface area (Å²) in [6.07, 6.45) is 1.96. The smallest absolute Gasteiger partial charge is 0.0959 e. The second-order valence-electron chi connectivity index (χ2n) is 4.54. The second kappa shape index (κ2) is 5.52. The van der Waals surface area contributed by atoms with Crippen molar-refractivity contribution >= 4 is 11.8 Å². The number of thioether (sulfide) groups is 1. The molecule has 0 fully saturated rings. The minimum atomic E-state index is 0.164. The molecule has 0 aliphatic carbocycles. The van der Waals surface area contributed by atoms with Crippen LogP contribution in [-0.2, 0) is 6.54 Å². The van der Waals surface area contributed by atoms with Crippen molar-refractivity contribution in [1.29, 1.82) is 0 Å². The molecule has 0 saturated heterocycles. The number of hydrogen-bond acceptors (Lipinski definition) is 3. The molecule has 0 spiro atoms. The van der Waals surface area contributed by atoms with Crippen molar-refractivity contribution < 1.29 is 0 Å². The number of aromatic nitrogens is 1. The van der Waals surface area contributed by atoms with Gasteiger partial charge in [-0.05, 0) is 38.2 Å². The molecule has 0 atom stereocenters. The van der Waals surface area contributed by atoms with Gasteiger partial charge in [-0.2, -0.15) is 0 Å².